The number of hydrogen-bond donors (Lipinski definition) is 2. The number of phosphoric acid groups is 1. The Morgan fingerprint density at radius 3 is 2.31 bits per heavy atom. The summed E-state index contributed by atoms with van der Waals surface area (Å²) in [5.41, 5.74) is 0. The zero-order valence-corrected chi connectivity index (χ0v) is 10.0. The lowest BCUT2D eigenvalue weighted by atomic mass is 10.2. The maximum atomic E-state index is 10.7. The monoisotopic (exact) mass is 248 g/mol. The van der Waals surface area contributed by atoms with Crippen LogP contribution in [-0.2, 0) is 4.57 Å². The Balaban J connectivity index is 3.09. The summed E-state index contributed by atoms with van der Waals surface area (Å²) >= 11 is 0. The standard InChI is InChI=1S/C8H13N2O5P/c1-5(2)8-9-6(14-3)4-7(10-8)15-16(11,12)13/h4-5H,1-3H3,(H2,11,12,13). The van der Waals surface area contributed by atoms with Gasteiger partial charge in [0.25, 0.3) is 0 Å². The summed E-state index contributed by atoms with van der Waals surface area (Å²) in [6.45, 7) is 3.69. The molecule has 0 unspecified atom stereocenters. The molecule has 0 spiro atoms. The van der Waals surface area contributed by atoms with E-state index in [-0.39, 0.29) is 17.7 Å². The van der Waals surface area contributed by atoms with Crippen molar-refractivity contribution < 1.29 is 23.6 Å². The molecule has 0 bridgehead atoms. The summed E-state index contributed by atoms with van der Waals surface area (Å²) in [7, 11) is -3.22. The van der Waals surface area contributed by atoms with Gasteiger partial charge in [-0.15, -0.1) is 0 Å². The van der Waals surface area contributed by atoms with Crippen LogP contribution in [0.25, 0.3) is 0 Å². The van der Waals surface area contributed by atoms with Crippen molar-refractivity contribution in [3.05, 3.63) is 11.9 Å². The van der Waals surface area contributed by atoms with Crippen molar-refractivity contribution in [2.24, 2.45) is 0 Å². The molecule has 0 atom stereocenters. The van der Waals surface area contributed by atoms with E-state index in [0.717, 1.165) is 0 Å². The van der Waals surface area contributed by atoms with Crippen LogP contribution < -0.4 is 9.26 Å². The Kier molecular flexibility index (Phi) is 3.85. The molecule has 1 aromatic rings. The molecule has 8 heteroatoms. The average molecular weight is 248 g/mol. The lowest BCUT2D eigenvalue weighted by Crippen LogP contribution is -2.02. The molecule has 0 aromatic carbocycles. The predicted molar refractivity (Wildman–Crippen MR) is 55.3 cm³/mol. The van der Waals surface area contributed by atoms with Gasteiger partial charge in [-0.2, -0.15) is 9.97 Å². The summed E-state index contributed by atoms with van der Waals surface area (Å²) in [6, 6.07) is 1.21. The molecule has 7 nitrogen and oxygen atoms in total. The fourth-order valence-electron chi connectivity index (χ4n) is 0.952. The summed E-state index contributed by atoms with van der Waals surface area (Å²) in [4.78, 5) is 25.2. The molecule has 0 saturated heterocycles. The highest BCUT2D eigenvalue weighted by molar-refractivity contribution is 7.46. The van der Waals surface area contributed by atoms with Crippen LogP contribution in [-0.4, -0.2) is 26.9 Å². The normalized spacial score (nSPS) is 11.6. The van der Waals surface area contributed by atoms with Crippen LogP contribution in [0.2, 0.25) is 0 Å². The molecule has 16 heavy (non-hydrogen) atoms. The minimum Gasteiger partial charge on any atom is -0.481 e. The topological polar surface area (TPSA) is 102 Å². The van der Waals surface area contributed by atoms with Crippen LogP contribution in [0.4, 0.5) is 0 Å². The van der Waals surface area contributed by atoms with Gasteiger partial charge >= 0.3 is 7.82 Å². The quantitative estimate of drug-likeness (QED) is 0.768. The minimum absolute atomic E-state index is 0.00535. The second-order valence-electron chi connectivity index (χ2n) is 3.34. The first-order chi connectivity index (χ1) is 7.31. The SMILES string of the molecule is COc1cc(OP(=O)(O)O)nc(C(C)C)n1. The molecule has 0 fully saturated rings. The second kappa shape index (κ2) is 4.78. The lowest BCUT2D eigenvalue weighted by Gasteiger charge is -2.10. The van der Waals surface area contributed by atoms with E-state index in [4.69, 9.17) is 14.5 Å². The third-order valence-electron chi connectivity index (χ3n) is 1.63. The van der Waals surface area contributed by atoms with Crippen LogP contribution in [0.15, 0.2) is 6.07 Å². The third-order valence-corrected chi connectivity index (χ3v) is 2.06. The highest BCUT2D eigenvalue weighted by atomic mass is 31.2. The molecule has 0 aliphatic rings. The first kappa shape index (κ1) is 12.9. The summed E-state index contributed by atoms with van der Waals surface area (Å²) in [5, 5.41) is 0. The van der Waals surface area contributed by atoms with Gasteiger partial charge in [0, 0.05) is 5.92 Å². The molecule has 1 heterocycles. The maximum absolute atomic E-state index is 10.7. The van der Waals surface area contributed by atoms with E-state index in [1.54, 1.807) is 0 Å². The van der Waals surface area contributed by atoms with Crippen molar-refractivity contribution in [3.8, 4) is 11.8 Å². The van der Waals surface area contributed by atoms with E-state index in [0.29, 0.717) is 5.82 Å². The van der Waals surface area contributed by atoms with Crippen molar-refractivity contribution in [1.29, 1.82) is 0 Å². The molecule has 2 N–H and O–H groups in total. The molecular weight excluding hydrogens is 235 g/mol. The van der Waals surface area contributed by atoms with Gasteiger partial charge < -0.3 is 9.26 Å². The Labute approximate surface area is 92.7 Å². The smallest absolute Gasteiger partial charge is 0.481 e. The Morgan fingerprint density at radius 2 is 1.88 bits per heavy atom. The number of aromatic nitrogens is 2. The van der Waals surface area contributed by atoms with Crippen LogP contribution in [0.1, 0.15) is 25.6 Å². The predicted octanol–water partition coefficient (Wildman–Crippen LogP) is 1.08. The zero-order chi connectivity index (χ0) is 12.3. The molecular formula is C8H13N2O5P. The molecule has 0 radical (unpaired) electrons. The van der Waals surface area contributed by atoms with E-state index in [9.17, 15) is 4.57 Å². The Morgan fingerprint density at radius 1 is 1.31 bits per heavy atom. The molecule has 0 saturated carbocycles. The van der Waals surface area contributed by atoms with E-state index < -0.39 is 7.82 Å². The van der Waals surface area contributed by atoms with Crippen LogP contribution in [0, 0.1) is 0 Å². The van der Waals surface area contributed by atoms with Crippen molar-refractivity contribution >= 4 is 7.82 Å². The maximum Gasteiger partial charge on any atom is 0.526 e. The van der Waals surface area contributed by atoms with Crippen molar-refractivity contribution in [1.82, 2.24) is 9.97 Å². The fourth-order valence-corrected chi connectivity index (χ4v) is 1.29. The molecule has 1 aromatic heterocycles. The van der Waals surface area contributed by atoms with Crippen molar-refractivity contribution in [2.45, 2.75) is 19.8 Å². The number of ether oxygens (including phenoxy) is 1. The van der Waals surface area contributed by atoms with Gasteiger partial charge in [-0.3, -0.25) is 9.79 Å². The highest BCUT2D eigenvalue weighted by Crippen LogP contribution is 2.37. The van der Waals surface area contributed by atoms with Gasteiger partial charge in [0.05, 0.1) is 13.2 Å². The molecule has 0 amide bonds. The lowest BCUT2D eigenvalue weighted by molar-refractivity contribution is 0.277. The summed E-state index contributed by atoms with van der Waals surface area (Å²) < 4.78 is 19.9. The Bertz CT molecular complexity index is 417. The van der Waals surface area contributed by atoms with E-state index in [1.807, 2.05) is 13.8 Å². The van der Waals surface area contributed by atoms with Crippen molar-refractivity contribution in [3.63, 3.8) is 0 Å². The van der Waals surface area contributed by atoms with Crippen LogP contribution >= 0.6 is 7.82 Å². The van der Waals surface area contributed by atoms with E-state index in [1.165, 1.54) is 13.2 Å². The molecule has 1 rings (SSSR count). The first-order valence-electron chi connectivity index (χ1n) is 4.50. The number of methoxy groups -OCH3 is 1. The van der Waals surface area contributed by atoms with Crippen LogP contribution in [0.5, 0.6) is 11.8 Å². The third kappa shape index (κ3) is 3.77. The number of nitrogens with zero attached hydrogens (tertiary/aromatic N) is 2. The van der Waals surface area contributed by atoms with Gasteiger partial charge in [-0.25, -0.2) is 4.57 Å². The second-order valence-corrected chi connectivity index (χ2v) is 4.51. The van der Waals surface area contributed by atoms with Gasteiger partial charge in [0.1, 0.15) is 5.82 Å². The molecule has 0 aliphatic carbocycles. The minimum atomic E-state index is -4.61. The van der Waals surface area contributed by atoms with E-state index in [2.05, 4.69) is 14.5 Å². The average Bonchev–Trinajstić information content (AvgIpc) is 2.14. The van der Waals surface area contributed by atoms with Crippen LogP contribution in [0.3, 0.4) is 0 Å². The van der Waals surface area contributed by atoms with Gasteiger partial charge in [0.15, 0.2) is 0 Å². The highest BCUT2D eigenvalue weighted by Gasteiger charge is 2.19. The summed E-state index contributed by atoms with van der Waals surface area (Å²) in [5.74, 6) is 0.378. The summed E-state index contributed by atoms with van der Waals surface area (Å²) in [6.07, 6.45) is 0. The first-order valence-corrected chi connectivity index (χ1v) is 6.03. The molecule has 90 valence electrons. The number of phosphoric ester groups is 1. The fraction of sp³-hybridized carbons (Fsp3) is 0.500. The van der Waals surface area contributed by atoms with Gasteiger partial charge in [0.2, 0.25) is 11.8 Å². The van der Waals surface area contributed by atoms with E-state index >= 15 is 0 Å². The van der Waals surface area contributed by atoms with Gasteiger partial charge in [-0.05, 0) is 0 Å². The zero-order valence-electron chi connectivity index (χ0n) is 9.12. The Hall–Kier alpha value is -1.17. The number of hydrogen-bond acceptors (Lipinski definition) is 5. The van der Waals surface area contributed by atoms with Gasteiger partial charge in [-0.1, -0.05) is 13.8 Å². The number of rotatable bonds is 4. The largest absolute Gasteiger partial charge is 0.526 e. The van der Waals surface area contributed by atoms with Crippen molar-refractivity contribution in [2.75, 3.05) is 7.11 Å². The molecule has 0 aliphatic heterocycles.